The van der Waals surface area contributed by atoms with Crippen LogP contribution < -0.4 is 14.8 Å². The largest absolute Gasteiger partial charge is 0.507 e. The van der Waals surface area contributed by atoms with E-state index in [1.165, 1.54) is 7.11 Å². The molecule has 0 aliphatic carbocycles. The zero-order chi connectivity index (χ0) is 17.8. The van der Waals surface area contributed by atoms with Crippen LogP contribution in [0.4, 0.5) is 5.69 Å². The quantitative estimate of drug-likeness (QED) is 0.871. The van der Waals surface area contributed by atoms with Crippen LogP contribution in [0.5, 0.6) is 17.2 Å². The minimum absolute atomic E-state index is 0.103. The SMILES string of the molecule is COc1ccc(NC(=O)[C@@H]2CC(c3ccccc3O)=NO2)cc1OC. The Morgan fingerprint density at radius 3 is 2.68 bits per heavy atom. The minimum atomic E-state index is -0.761. The molecule has 3 rings (SSSR count). The summed E-state index contributed by atoms with van der Waals surface area (Å²) in [6, 6.07) is 11.9. The van der Waals surface area contributed by atoms with Gasteiger partial charge in [-0.1, -0.05) is 17.3 Å². The molecule has 2 aromatic carbocycles. The zero-order valence-electron chi connectivity index (χ0n) is 13.9. The van der Waals surface area contributed by atoms with Crippen LogP contribution >= 0.6 is 0 Å². The molecule has 2 N–H and O–H groups in total. The van der Waals surface area contributed by atoms with Crippen molar-refractivity contribution in [3.05, 3.63) is 48.0 Å². The molecular weight excluding hydrogens is 324 g/mol. The normalized spacial score (nSPS) is 15.9. The predicted molar refractivity (Wildman–Crippen MR) is 92.3 cm³/mol. The van der Waals surface area contributed by atoms with E-state index < -0.39 is 6.10 Å². The highest BCUT2D eigenvalue weighted by atomic mass is 16.6. The van der Waals surface area contributed by atoms with Gasteiger partial charge in [0.05, 0.1) is 19.9 Å². The van der Waals surface area contributed by atoms with Gasteiger partial charge in [-0.05, 0) is 24.3 Å². The monoisotopic (exact) mass is 342 g/mol. The molecule has 2 aromatic rings. The maximum atomic E-state index is 12.4. The van der Waals surface area contributed by atoms with E-state index in [4.69, 9.17) is 14.3 Å². The number of phenolic OH excluding ortho intramolecular Hbond substituents is 1. The Kier molecular flexibility index (Phi) is 4.74. The topological polar surface area (TPSA) is 89.4 Å². The van der Waals surface area contributed by atoms with Gasteiger partial charge in [-0.2, -0.15) is 0 Å². The Bertz CT molecular complexity index is 819. The van der Waals surface area contributed by atoms with Crippen LogP contribution in [0, 0.1) is 0 Å². The van der Waals surface area contributed by atoms with E-state index in [9.17, 15) is 9.90 Å². The van der Waals surface area contributed by atoms with Crippen molar-refractivity contribution in [1.82, 2.24) is 0 Å². The molecule has 0 fully saturated rings. The van der Waals surface area contributed by atoms with Gasteiger partial charge in [0.25, 0.3) is 5.91 Å². The molecule has 0 radical (unpaired) electrons. The van der Waals surface area contributed by atoms with Gasteiger partial charge < -0.3 is 24.7 Å². The van der Waals surface area contributed by atoms with E-state index in [0.29, 0.717) is 28.5 Å². The van der Waals surface area contributed by atoms with Gasteiger partial charge in [-0.3, -0.25) is 4.79 Å². The highest BCUT2D eigenvalue weighted by molar-refractivity contribution is 6.07. The Morgan fingerprint density at radius 2 is 1.96 bits per heavy atom. The van der Waals surface area contributed by atoms with Crippen molar-refractivity contribution in [2.45, 2.75) is 12.5 Å². The number of ether oxygens (including phenoxy) is 2. The van der Waals surface area contributed by atoms with Crippen LogP contribution in [0.15, 0.2) is 47.6 Å². The molecule has 0 unspecified atom stereocenters. The number of amides is 1. The predicted octanol–water partition coefficient (Wildman–Crippen LogP) is 2.54. The number of rotatable bonds is 5. The van der Waals surface area contributed by atoms with E-state index in [2.05, 4.69) is 10.5 Å². The summed E-state index contributed by atoms with van der Waals surface area (Å²) in [5.74, 6) is 0.855. The van der Waals surface area contributed by atoms with Crippen molar-refractivity contribution in [1.29, 1.82) is 0 Å². The number of anilines is 1. The number of oxime groups is 1. The molecule has 1 heterocycles. The summed E-state index contributed by atoms with van der Waals surface area (Å²) in [7, 11) is 3.07. The van der Waals surface area contributed by atoms with Gasteiger partial charge in [0.2, 0.25) is 6.10 Å². The summed E-state index contributed by atoms with van der Waals surface area (Å²) in [4.78, 5) is 17.6. The highest BCUT2D eigenvalue weighted by Crippen LogP contribution is 2.30. The molecule has 1 aliphatic rings. The Labute approximate surface area is 144 Å². The second kappa shape index (κ2) is 7.12. The Balaban J connectivity index is 1.67. The molecule has 0 saturated carbocycles. The molecule has 1 amide bonds. The summed E-state index contributed by atoms with van der Waals surface area (Å²) in [6.07, 6.45) is -0.487. The second-order valence-electron chi connectivity index (χ2n) is 5.41. The van der Waals surface area contributed by atoms with Crippen molar-refractivity contribution in [3.63, 3.8) is 0 Å². The van der Waals surface area contributed by atoms with E-state index in [0.717, 1.165) is 0 Å². The number of para-hydroxylation sites is 1. The number of hydrogen-bond acceptors (Lipinski definition) is 6. The summed E-state index contributed by atoms with van der Waals surface area (Å²) >= 11 is 0. The number of benzene rings is 2. The number of carbonyl (C=O) groups is 1. The van der Waals surface area contributed by atoms with Crippen LogP contribution in [0.2, 0.25) is 0 Å². The van der Waals surface area contributed by atoms with Gasteiger partial charge in [0.1, 0.15) is 5.75 Å². The maximum absolute atomic E-state index is 12.4. The molecule has 0 saturated heterocycles. The van der Waals surface area contributed by atoms with E-state index in [1.807, 2.05) is 0 Å². The molecule has 130 valence electrons. The van der Waals surface area contributed by atoms with Crippen molar-refractivity contribution in [2.75, 3.05) is 19.5 Å². The third-order valence-electron chi connectivity index (χ3n) is 3.83. The van der Waals surface area contributed by atoms with E-state index >= 15 is 0 Å². The maximum Gasteiger partial charge on any atom is 0.268 e. The number of phenols is 1. The van der Waals surface area contributed by atoms with Crippen LogP contribution in [-0.2, 0) is 9.63 Å². The van der Waals surface area contributed by atoms with Gasteiger partial charge in [-0.25, -0.2) is 0 Å². The van der Waals surface area contributed by atoms with Crippen LogP contribution in [0.1, 0.15) is 12.0 Å². The average molecular weight is 342 g/mol. The number of nitrogens with one attached hydrogen (secondary N) is 1. The number of methoxy groups -OCH3 is 2. The number of hydrogen-bond donors (Lipinski definition) is 2. The first-order valence-electron chi connectivity index (χ1n) is 7.66. The fraction of sp³-hybridized carbons (Fsp3) is 0.222. The van der Waals surface area contributed by atoms with Gasteiger partial charge in [0.15, 0.2) is 11.5 Å². The van der Waals surface area contributed by atoms with Crippen LogP contribution in [0.3, 0.4) is 0 Å². The second-order valence-corrected chi connectivity index (χ2v) is 5.41. The lowest BCUT2D eigenvalue weighted by atomic mass is 10.0. The molecule has 7 nitrogen and oxygen atoms in total. The Hall–Kier alpha value is -3.22. The lowest BCUT2D eigenvalue weighted by molar-refractivity contribution is -0.125. The van der Waals surface area contributed by atoms with Crippen LogP contribution in [-0.4, -0.2) is 37.0 Å². The zero-order valence-corrected chi connectivity index (χ0v) is 13.9. The summed E-state index contributed by atoms with van der Waals surface area (Å²) in [6.45, 7) is 0. The van der Waals surface area contributed by atoms with Crippen molar-refractivity contribution < 1.29 is 24.2 Å². The molecule has 0 bridgehead atoms. The van der Waals surface area contributed by atoms with Crippen molar-refractivity contribution in [3.8, 4) is 17.2 Å². The smallest absolute Gasteiger partial charge is 0.268 e. The van der Waals surface area contributed by atoms with E-state index in [1.54, 1.807) is 49.6 Å². The fourth-order valence-electron chi connectivity index (χ4n) is 2.53. The van der Waals surface area contributed by atoms with Crippen molar-refractivity contribution in [2.24, 2.45) is 5.16 Å². The third-order valence-corrected chi connectivity index (χ3v) is 3.83. The standard InChI is InChI=1S/C18H18N2O5/c1-23-15-8-7-11(9-16(15)24-2)19-18(22)17-10-13(20-25-17)12-5-3-4-6-14(12)21/h3-9,17,21H,10H2,1-2H3,(H,19,22)/t17-/m0/s1. The average Bonchev–Trinajstić information content (AvgIpc) is 3.12. The van der Waals surface area contributed by atoms with E-state index in [-0.39, 0.29) is 18.1 Å². The molecular formula is C18H18N2O5. The molecule has 25 heavy (non-hydrogen) atoms. The molecule has 0 aromatic heterocycles. The fourth-order valence-corrected chi connectivity index (χ4v) is 2.53. The highest BCUT2D eigenvalue weighted by Gasteiger charge is 2.30. The Morgan fingerprint density at radius 1 is 1.20 bits per heavy atom. The van der Waals surface area contributed by atoms with Gasteiger partial charge >= 0.3 is 0 Å². The van der Waals surface area contributed by atoms with Crippen molar-refractivity contribution >= 4 is 17.3 Å². The molecule has 1 aliphatic heterocycles. The van der Waals surface area contributed by atoms with Gasteiger partial charge in [-0.15, -0.1) is 0 Å². The number of nitrogens with zero attached hydrogens (tertiary/aromatic N) is 1. The van der Waals surface area contributed by atoms with Crippen LogP contribution in [0.25, 0.3) is 0 Å². The minimum Gasteiger partial charge on any atom is -0.507 e. The first kappa shape index (κ1) is 16.6. The lowest BCUT2D eigenvalue weighted by Crippen LogP contribution is -2.28. The summed E-state index contributed by atoms with van der Waals surface area (Å²) in [5, 5.41) is 16.6. The lowest BCUT2D eigenvalue weighted by Gasteiger charge is -2.12. The first-order chi connectivity index (χ1) is 12.1. The van der Waals surface area contributed by atoms with Gasteiger partial charge in [0, 0.05) is 23.7 Å². The number of carbonyl (C=O) groups excluding carboxylic acids is 1. The summed E-state index contributed by atoms with van der Waals surface area (Å²) in [5.41, 5.74) is 1.65. The molecule has 7 heteroatoms. The summed E-state index contributed by atoms with van der Waals surface area (Å²) < 4.78 is 10.4. The first-order valence-corrected chi connectivity index (χ1v) is 7.66. The number of aromatic hydroxyl groups is 1. The third kappa shape index (κ3) is 3.50. The molecule has 1 atom stereocenters. The molecule has 0 spiro atoms.